The fourth-order valence-electron chi connectivity index (χ4n) is 2.23. The van der Waals surface area contributed by atoms with E-state index < -0.39 is 0 Å². The first-order chi connectivity index (χ1) is 7.81. The van der Waals surface area contributed by atoms with Gasteiger partial charge < -0.3 is 10.4 Å². The van der Waals surface area contributed by atoms with Crippen molar-refractivity contribution in [2.45, 2.75) is 38.0 Å². The SMILES string of the molecule is CNCCc1nc(C2CCCC2)ncc1O. The van der Waals surface area contributed by atoms with E-state index in [1.165, 1.54) is 25.7 Å². The van der Waals surface area contributed by atoms with Gasteiger partial charge in [0.05, 0.1) is 11.9 Å². The average molecular weight is 221 g/mol. The van der Waals surface area contributed by atoms with E-state index in [2.05, 4.69) is 15.3 Å². The Morgan fingerprint density at radius 1 is 1.44 bits per heavy atom. The maximum Gasteiger partial charge on any atom is 0.155 e. The Bertz CT molecular complexity index is 348. The standard InChI is InChI=1S/C12H19N3O/c1-13-7-6-10-11(16)8-14-12(15-10)9-4-2-3-5-9/h8-9,13,16H,2-7H2,1H3. The van der Waals surface area contributed by atoms with E-state index in [4.69, 9.17) is 0 Å². The third kappa shape index (κ3) is 2.50. The zero-order valence-corrected chi connectivity index (χ0v) is 9.74. The predicted octanol–water partition coefficient (Wildman–Crippen LogP) is 1.60. The van der Waals surface area contributed by atoms with Crippen LogP contribution in [0.5, 0.6) is 5.75 Å². The Balaban J connectivity index is 2.13. The van der Waals surface area contributed by atoms with E-state index in [9.17, 15) is 5.11 Å². The molecule has 1 aromatic rings. The molecule has 88 valence electrons. The normalized spacial score (nSPS) is 16.8. The molecule has 16 heavy (non-hydrogen) atoms. The number of hydrogen-bond donors (Lipinski definition) is 2. The molecule has 0 bridgehead atoms. The van der Waals surface area contributed by atoms with Gasteiger partial charge >= 0.3 is 0 Å². The summed E-state index contributed by atoms with van der Waals surface area (Å²) in [5.74, 6) is 1.65. The molecule has 1 saturated carbocycles. The summed E-state index contributed by atoms with van der Waals surface area (Å²) in [5.41, 5.74) is 0.770. The van der Waals surface area contributed by atoms with Crippen molar-refractivity contribution in [1.29, 1.82) is 0 Å². The van der Waals surface area contributed by atoms with Crippen molar-refractivity contribution in [3.63, 3.8) is 0 Å². The Hall–Kier alpha value is -1.16. The van der Waals surface area contributed by atoms with Crippen LogP contribution in [0.25, 0.3) is 0 Å². The highest BCUT2D eigenvalue weighted by molar-refractivity contribution is 5.24. The smallest absolute Gasteiger partial charge is 0.155 e. The quantitative estimate of drug-likeness (QED) is 0.811. The van der Waals surface area contributed by atoms with E-state index in [1.807, 2.05) is 7.05 Å². The van der Waals surface area contributed by atoms with Crippen LogP contribution in [-0.4, -0.2) is 28.7 Å². The second-order valence-corrected chi connectivity index (χ2v) is 4.40. The monoisotopic (exact) mass is 221 g/mol. The van der Waals surface area contributed by atoms with E-state index in [0.717, 1.165) is 24.5 Å². The van der Waals surface area contributed by atoms with Gasteiger partial charge in [0.25, 0.3) is 0 Å². The topological polar surface area (TPSA) is 58.0 Å². The Labute approximate surface area is 96.1 Å². The van der Waals surface area contributed by atoms with Crippen molar-refractivity contribution in [1.82, 2.24) is 15.3 Å². The molecule has 1 fully saturated rings. The molecule has 1 aliphatic rings. The molecule has 1 heterocycles. The number of aromatic nitrogens is 2. The van der Waals surface area contributed by atoms with Gasteiger partial charge in [0.2, 0.25) is 0 Å². The lowest BCUT2D eigenvalue weighted by atomic mass is 10.1. The van der Waals surface area contributed by atoms with E-state index >= 15 is 0 Å². The zero-order valence-electron chi connectivity index (χ0n) is 9.74. The summed E-state index contributed by atoms with van der Waals surface area (Å²) < 4.78 is 0. The maximum absolute atomic E-state index is 9.65. The first-order valence-corrected chi connectivity index (χ1v) is 6.00. The fraction of sp³-hybridized carbons (Fsp3) is 0.667. The number of hydrogen-bond acceptors (Lipinski definition) is 4. The van der Waals surface area contributed by atoms with E-state index in [0.29, 0.717) is 5.92 Å². The summed E-state index contributed by atoms with van der Waals surface area (Å²) in [6.07, 6.45) is 7.24. The molecule has 2 N–H and O–H groups in total. The number of nitrogens with zero attached hydrogens (tertiary/aromatic N) is 2. The minimum Gasteiger partial charge on any atom is -0.504 e. The minimum atomic E-state index is 0.219. The molecule has 0 saturated heterocycles. The van der Waals surface area contributed by atoms with Gasteiger partial charge in [-0.1, -0.05) is 12.8 Å². The molecule has 0 radical (unpaired) electrons. The van der Waals surface area contributed by atoms with Gasteiger partial charge in [-0.3, -0.25) is 0 Å². The maximum atomic E-state index is 9.65. The first kappa shape index (κ1) is 11.3. The minimum absolute atomic E-state index is 0.219. The summed E-state index contributed by atoms with van der Waals surface area (Å²) >= 11 is 0. The molecule has 4 heteroatoms. The average Bonchev–Trinajstić information content (AvgIpc) is 2.81. The van der Waals surface area contributed by atoms with Gasteiger partial charge in [-0.25, -0.2) is 9.97 Å². The van der Waals surface area contributed by atoms with Gasteiger partial charge in [0.15, 0.2) is 5.75 Å². The zero-order chi connectivity index (χ0) is 11.4. The highest BCUT2D eigenvalue weighted by Gasteiger charge is 2.20. The van der Waals surface area contributed by atoms with Crippen LogP contribution in [0.2, 0.25) is 0 Å². The lowest BCUT2D eigenvalue weighted by molar-refractivity contribution is 0.456. The van der Waals surface area contributed by atoms with Crippen molar-refractivity contribution in [3.05, 3.63) is 17.7 Å². The van der Waals surface area contributed by atoms with Crippen LogP contribution in [0.1, 0.15) is 43.1 Å². The molecular weight excluding hydrogens is 202 g/mol. The van der Waals surface area contributed by atoms with Gasteiger partial charge in [-0.15, -0.1) is 0 Å². The number of rotatable bonds is 4. The fourth-order valence-corrected chi connectivity index (χ4v) is 2.23. The molecule has 0 unspecified atom stereocenters. The lowest BCUT2D eigenvalue weighted by Crippen LogP contribution is -2.12. The molecule has 0 aromatic carbocycles. The van der Waals surface area contributed by atoms with Crippen LogP contribution < -0.4 is 5.32 Å². The summed E-state index contributed by atoms with van der Waals surface area (Å²) in [4.78, 5) is 8.74. The van der Waals surface area contributed by atoms with Crippen LogP contribution in [0.15, 0.2) is 6.20 Å². The first-order valence-electron chi connectivity index (χ1n) is 6.00. The summed E-state index contributed by atoms with van der Waals surface area (Å²) in [6, 6.07) is 0. The Morgan fingerprint density at radius 2 is 2.19 bits per heavy atom. The second-order valence-electron chi connectivity index (χ2n) is 4.40. The van der Waals surface area contributed by atoms with Crippen LogP contribution in [0.4, 0.5) is 0 Å². The highest BCUT2D eigenvalue weighted by atomic mass is 16.3. The van der Waals surface area contributed by atoms with Gasteiger partial charge in [-0.2, -0.15) is 0 Å². The van der Waals surface area contributed by atoms with Crippen LogP contribution in [0, 0.1) is 0 Å². The number of nitrogens with one attached hydrogen (secondary N) is 1. The third-order valence-corrected chi connectivity index (χ3v) is 3.20. The second kappa shape index (κ2) is 5.25. The van der Waals surface area contributed by atoms with Crippen molar-refractivity contribution >= 4 is 0 Å². The number of aromatic hydroxyl groups is 1. The molecule has 0 atom stereocenters. The molecule has 2 rings (SSSR count). The van der Waals surface area contributed by atoms with Gasteiger partial charge in [0.1, 0.15) is 5.82 Å². The number of likely N-dealkylation sites (N-methyl/N-ethyl adjacent to an activating group) is 1. The van der Waals surface area contributed by atoms with E-state index in [1.54, 1.807) is 6.20 Å². The Kier molecular flexibility index (Phi) is 3.72. The van der Waals surface area contributed by atoms with Crippen LogP contribution >= 0.6 is 0 Å². The van der Waals surface area contributed by atoms with Crippen molar-refractivity contribution < 1.29 is 5.11 Å². The lowest BCUT2D eigenvalue weighted by Gasteiger charge is -2.10. The molecular formula is C12H19N3O. The molecule has 1 aliphatic carbocycles. The molecule has 0 aliphatic heterocycles. The molecule has 1 aromatic heterocycles. The van der Waals surface area contributed by atoms with E-state index in [-0.39, 0.29) is 5.75 Å². The van der Waals surface area contributed by atoms with Crippen LogP contribution in [-0.2, 0) is 6.42 Å². The largest absolute Gasteiger partial charge is 0.504 e. The predicted molar refractivity (Wildman–Crippen MR) is 62.5 cm³/mol. The van der Waals surface area contributed by atoms with Gasteiger partial charge in [-0.05, 0) is 19.9 Å². The molecule has 0 amide bonds. The van der Waals surface area contributed by atoms with Crippen molar-refractivity contribution in [2.24, 2.45) is 0 Å². The molecule has 4 nitrogen and oxygen atoms in total. The summed E-state index contributed by atoms with van der Waals surface area (Å²) in [5, 5.41) is 12.7. The van der Waals surface area contributed by atoms with Gasteiger partial charge in [0, 0.05) is 18.9 Å². The highest BCUT2D eigenvalue weighted by Crippen LogP contribution is 2.32. The Morgan fingerprint density at radius 3 is 2.88 bits per heavy atom. The summed E-state index contributed by atoms with van der Waals surface area (Å²) in [7, 11) is 1.90. The van der Waals surface area contributed by atoms with Crippen molar-refractivity contribution in [3.8, 4) is 5.75 Å². The third-order valence-electron chi connectivity index (χ3n) is 3.20. The van der Waals surface area contributed by atoms with Crippen LogP contribution in [0.3, 0.4) is 0 Å². The molecule has 0 spiro atoms. The van der Waals surface area contributed by atoms with Crippen molar-refractivity contribution in [2.75, 3.05) is 13.6 Å². The summed E-state index contributed by atoms with van der Waals surface area (Å²) in [6.45, 7) is 0.828.